The normalized spacial score (nSPS) is 23.6. The number of aliphatic hydroxyl groups excluding tert-OH is 1. The monoisotopic (exact) mass is 239 g/mol. The quantitative estimate of drug-likeness (QED) is 0.829. The summed E-state index contributed by atoms with van der Waals surface area (Å²) < 4.78 is 0. The van der Waals surface area contributed by atoms with Crippen molar-refractivity contribution in [2.24, 2.45) is 0 Å². The van der Waals surface area contributed by atoms with Crippen LogP contribution >= 0.6 is 0 Å². The molecule has 2 nitrogen and oxygen atoms in total. The van der Waals surface area contributed by atoms with Gasteiger partial charge in [0.2, 0.25) is 0 Å². The van der Waals surface area contributed by atoms with Crippen molar-refractivity contribution in [3.8, 4) is 0 Å². The Labute approximate surface area is 107 Å². The minimum absolute atomic E-state index is 0.271. The number of nitrogens with zero attached hydrogens (tertiary/aromatic N) is 1. The van der Waals surface area contributed by atoms with Crippen molar-refractivity contribution >= 4 is 0 Å². The van der Waals surface area contributed by atoms with Crippen LogP contribution in [0.1, 0.15) is 17.2 Å². The summed E-state index contributed by atoms with van der Waals surface area (Å²) in [5.74, 6) is 0. The fourth-order valence-corrected chi connectivity index (χ4v) is 2.36. The lowest BCUT2D eigenvalue weighted by molar-refractivity contribution is 0.157. The van der Waals surface area contributed by atoms with E-state index in [-0.39, 0.29) is 12.1 Å². The summed E-state index contributed by atoms with van der Waals surface area (Å²) in [5, 5.41) is 10.3. The smallest absolute Gasteiger partial charge is 0.0957 e. The number of hydrogen-bond donors (Lipinski definition) is 1. The van der Waals surface area contributed by atoms with Gasteiger partial charge in [-0.05, 0) is 11.1 Å². The average molecular weight is 239 g/mol. The summed E-state index contributed by atoms with van der Waals surface area (Å²) in [4.78, 5) is 2.30. The molecule has 3 rings (SSSR count). The average Bonchev–Trinajstić information content (AvgIpc) is 3.19. The van der Waals surface area contributed by atoms with E-state index in [4.69, 9.17) is 0 Å². The molecule has 0 radical (unpaired) electrons. The van der Waals surface area contributed by atoms with Gasteiger partial charge in [-0.25, -0.2) is 0 Å². The summed E-state index contributed by atoms with van der Waals surface area (Å²) in [6.45, 7) is 1.90. The van der Waals surface area contributed by atoms with E-state index in [1.54, 1.807) is 0 Å². The highest BCUT2D eigenvalue weighted by atomic mass is 16.3. The first-order valence-electron chi connectivity index (χ1n) is 6.35. The maximum atomic E-state index is 10.3. The lowest BCUT2D eigenvalue weighted by Crippen LogP contribution is -2.11. The predicted octanol–water partition coefficient (Wildman–Crippen LogP) is 2.60. The number of aliphatic hydroxyl groups is 1. The molecule has 1 saturated heterocycles. The molecular formula is C16H17NO. The Hall–Kier alpha value is -1.64. The molecule has 1 unspecified atom stereocenters. The summed E-state index contributed by atoms with van der Waals surface area (Å²) >= 11 is 0. The number of benzene rings is 2. The van der Waals surface area contributed by atoms with Crippen molar-refractivity contribution in [3.63, 3.8) is 0 Å². The van der Waals surface area contributed by atoms with Crippen LogP contribution < -0.4 is 0 Å². The van der Waals surface area contributed by atoms with E-state index in [9.17, 15) is 5.11 Å². The minimum Gasteiger partial charge on any atom is -0.387 e. The standard InChI is InChI=1S/C16H17NO/c18-16(14-9-5-2-6-10-14)15-12-17(15)11-13-7-3-1-4-8-13/h1-10,15-16,18H,11-12H2/t15-,16-,17?/m0/s1. The van der Waals surface area contributed by atoms with Crippen LogP contribution in [0.4, 0.5) is 0 Å². The maximum absolute atomic E-state index is 10.3. The van der Waals surface area contributed by atoms with Crippen molar-refractivity contribution in [1.82, 2.24) is 4.90 Å². The molecule has 92 valence electrons. The third-order valence-corrected chi connectivity index (χ3v) is 3.49. The Morgan fingerprint density at radius 1 is 1.00 bits per heavy atom. The molecule has 1 aliphatic rings. The molecule has 1 aliphatic heterocycles. The summed E-state index contributed by atoms with van der Waals surface area (Å²) in [7, 11) is 0. The Balaban J connectivity index is 1.61. The lowest BCUT2D eigenvalue weighted by Gasteiger charge is -2.11. The number of rotatable bonds is 4. The predicted molar refractivity (Wildman–Crippen MR) is 72.0 cm³/mol. The molecule has 2 heteroatoms. The Morgan fingerprint density at radius 2 is 1.61 bits per heavy atom. The third kappa shape index (κ3) is 2.45. The molecule has 2 aromatic rings. The van der Waals surface area contributed by atoms with Gasteiger partial charge in [-0.1, -0.05) is 60.7 Å². The molecule has 0 aliphatic carbocycles. The van der Waals surface area contributed by atoms with E-state index in [1.807, 2.05) is 36.4 Å². The van der Waals surface area contributed by atoms with E-state index in [0.717, 1.165) is 18.7 Å². The second-order valence-corrected chi connectivity index (χ2v) is 4.84. The topological polar surface area (TPSA) is 23.2 Å². The molecule has 0 amide bonds. The molecular weight excluding hydrogens is 222 g/mol. The van der Waals surface area contributed by atoms with E-state index in [2.05, 4.69) is 29.2 Å². The van der Waals surface area contributed by atoms with Crippen LogP contribution in [0.25, 0.3) is 0 Å². The largest absolute Gasteiger partial charge is 0.387 e. The molecule has 0 bridgehead atoms. The van der Waals surface area contributed by atoms with Gasteiger partial charge in [-0.3, -0.25) is 4.90 Å². The molecule has 0 aromatic heterocycles. The Morgan fingerprint density at radius 3 is 2.28 bits per heavy atom. The van der Waals surface area contributed by atoms with Crippen LogP contribution in [0.3, 0.4) is 0 Å². The van der Waals surface area contributed by atoms with E-state index >= 15 is 0 Å². The van der Waals surface area contributed by atoms with Crippen LogP contribution in [0, 0.1) is 0 Å². The van der Waals surface area contributed by atoms with Gasteiger partial charge in [-0.15, -0.1) is 0 Å². The van der Waals surface area contributed by atoms with Crippen molar-refractivity contribution in [3.05, 3.63) is 71.8 Å². The van der Waals surface area contributed by atoms with Crippen molar-refractivity contribution in [2.75, 3.05) is 6.54 Å². The van der Waals surface area contributed by atoms with Crippen molar-refractivity contribution < 1.29 is 5.11 Å². The first kappa shape index (κ1) is 11.5. The van der Waals surface area contributed by atoms with Gasteiger partial charge in [0.15, 0.2) is 0 Å². The zero-order valence-electron chi connectivity index (χ0n) is 10.2. The van der Waals surface area contributed by atoms with Gasteiger partial charge >= 0.3 is 0 Å². The van der Waals surface area contributed by atoms with Gasteiger partial charge in [0, 0.05) is 13.1 Å². The van der Waals surface area contributed by atoms with Crippen LogP contribution in [0.15, 0.2) is 60.7 Å². The zero-order valence-corrected chi connectivity index (χ0v) is 10.2. The summed E-state index contributed by atoms with van der Waals surface area (Å²) in [5.41, 5.74) is 2.32. The Kier molecular flexibility index (Phi) is 3.13. The van der Waals surface area contributed by atoms with Gasteiger partial charge in [0.1, 0.15) is 0 Å². The molecule has 1 fully saturated rings. The first-order valence-corrected chi connectivity index (χ1v) is 6.35. The second kappa shape index (κ2) is 4.92. The Bertz CT molecular complexity index is 497. The second-order valence-electron chi connectivity index (χ2n) is 4.84. The zero-order chi connectivity index (χ0) is 12.4. The molecule has 0 spiro atoms. The highest BCUT2D eigenvalue weighted by Gasteiger charge is 2.40. The van der Waals surface area contributed by atoms with E-state index in [0.29, 0.717) is 0 Å². The molecule has 0 saturated carbocycles. The number of hydrogen-bond acceptors (Lipinski definition) is 2. The molecule has 1 heterocycles. The van der Waals surface area contributed by atoms with Gasteiger partial charge < -0.3 is 5.11 Å². The summed E-state index contributed by atoms with van der Waals surface area (Å²) in [6.07, 6.45) is -0.366. The highest BCUT2D eigenvalue weighted by Crippen LogP contribution is 2.32. The molecule has 1 N–H and O–H groups in total. The van der Waals surface area contributed by atoms with Gasteiger partial charge in [0.05, 0.1) is 12.1 Å². The van der Waals surface area contributed by atoms with Crippen LogP contribution in [-0.4, -0.2) is 22.6 Å². The molecule has 2 aromatic carbocycles. The van der Waals surface area contributed by atoms with Crippen molar-refractivity contribution in [2.45, 2.75) is 18.7 Å². The highest BCUT2D eigenvalue weighted by molar-refractivity contribution is 5.22. The van der Waals surface area contributed by atoms with Crippen molar-refractivity contribution in [1.29, 1.82) is 0 Å². The molecule has 3 atom stereocenters. The van der Waals surface area contributed by atoms with Crippen LogP contribution in [0.5, 0.6) is 0 Å². The molecule has 18 heavy (non-hydrogen) atoms. The fraction of sp³-hybridized carbons (Fsp3) is 0.250. The fourth-order valence-electron chi connectivity index (χ4n) is 2.36. The van der Waals surface area contributed by atoms with E-state index in [1.165, 1.54) is 5.56 Å². The third-order valence-electron chi connectivity index (χ3n) is 3.49. The maximum Gasteiger partial charge on any atom is 0.0957 e. The van der Waals surface area contributed by atoms with Crippen LogP contribution in [-0.2, 0) is 6.54 Å². The van der Waals surface area contributed by atoms with Crippen LogP contribution in [0.2, 0.25) is 0 Å². The first-order chi connectivity index (χ1) is 8.84. The van der Waals surface area contributed by atoms with Gasteiger partial charge in [-0.2, -0.15) is 0 Å². The van der Waals surface area contributed by atoms with E-state index < -0.39 is 0 Å². The summed E-state index contributed by atoms with van der Waals surface area (Å²) in [6, 6.07) is 20.6. The SMILES string of the molecule is O[C@@H](c1ccccc1)[C@@H]1CN1Cc1ccccc1. The van der Waals surface area contributed by atoms with Gasteiger partial charge in [0.25, 0.3) is 0 Å². The minimum atomic E-state index is -0.366. The lowest BCUT2D eigenvalue weighted by atomic mass is 10.1.